The Hall–Kier alpha value is -5.64. The standard InChI is InChI=1S/C36H26N2O10S2/c1-19-11-16-26(28(17-19)50(45,46)47)48-27-18-25(37-21-12-14-22(15-13-21)49(42,43)44)30-31-29(23-9-5-6-10-24(23)35(30)40)32(36(41)38-33(27)31)34(39)20-7-3-2-4-8-20/h2-18,36-38,41H,1H3,(H,42,43,44)(H,45,46,47). The van der Waals surface area contributed by atoms with Crippen molar-refractivity contribution < 1.29 is 45.4 Å². The molecule has 1 aliphatic carbocycles. The lowest BCUT2D eigenvalue weighted by molar-refractivity contribution is 0.0993. The molecule has 1 heterocycles. The SMILES string of the molecule is Cc1ccc(Oc2cc(Nc3ccc(S(=O)(=O)O)cc3)c3c4c2NC(O)C(C(=O)c2ccccc2)=C4c2ccccc2C3=O)c(S(=O)(=O)O)c1. The number of ketones is 2. The molecule has 0 amide bonds. The second-order valence-corrected chi connectivity index (χ2v) is 14.4. The van der Waals surface area contributed by atoms with Crippen molar-refractivity contribution in [3.63, 3.8) is 0 Å². The van der Waals surface area contributed by atoms with Gasteiger partial charge in [0.1, 0.15) is 10.6 Å². The summed E-state index contributed by atoms with van der Waals surface area (Å²) in [4.78, 5) is 27.6. The van der Waals surface area contributed by atoms with Gasteiger partial charge in [-0.1, -0.05) is 60.7 Å². The van der Waals surface area contributed by atoms with E-state index in [9.17, 15) is 40.6 Å². The molecule has 50 heavy (non-hydrogen) atoms. The van der Waals surface area contributed by atoms with Crippen LogP contribution in [0.3, 0.4) is 0 Å². The van der Waals surface area contributed by atoms with Crippen molar-refractivity contribution in [2.45, 2.75) is 22.9 Å². The van der Waals surface area contributed by atoms with Gasteiger partial charge < -0.3 is 20.5 Å². The third kappa shape index (κ3) is 5.74. The Balaban J connectivity index is 1.53. The normalized spacial score (nSPS) is 15.1. The summed E-state index contributed by atoms with van der Waals surface area (Å²) in [6.45, 7) is 1.62. The Morgan fingerprint density at radius 2 is 1.44 bits per heavy atom. The molecule has 0 fully saturated rings. The Labute approximate surface area is 286 Å². The number of Topliss-reactive ketones (excluding diaryl/α,β-unsaturated/α-hetero) is 1. The van der Waals surface area contributed by atoms with E-state index in [1.807, 2.05) is 0 Å². The first-order chi connectivity index (χ1) is 23.7. The molecule has 1 atom stereocenters. The summed E-state index contributed by atoms with van der Waals surface area (Å²) < 4.78 is 73.8. The number of anilines is 3. The number of nitrogens with one attached hydrogen (secondary N) is 2. The van der Waals surface area contributed by atoms with Gasteiger partial charge in [0, 0.05) is 34.0 Å². The number of aryl methyl sites for hydroxylation is 1. The Morgan fingerprint density at radius 1 is 0.780 bits per heavy atom. The first-order valence-electron chi connectivity index (χ1n) is 15.0. The number of carbonyl (C=O) groups is 2. The summed E-state index contributed by atoms with van der Waals surface area (Å²) >= 11 is 0. The van der Waals surface area contributed by atoms with Crippen molar-refractivity contribution in [2.75, 3.05) is 10.6 Å². The highest BCUT2D eigenvalue weighted by Gasteiger charge is 2.41. The van der Waals surface area contributed by atoms with Crippen molar-refractivity contribution >= 4 is 54.4 Å². The molecule has 1 aliphatic heterocycles. The van der Waals surface area contributed by atoms with Crippen molar-refractivity contribution in [3.05, 3.63) is 142 Å². The van der Waals surface area contributed by atoms with E-state index in [2.05, 4.69) is 10.6 Å². The second kappa shape index (κ2) is 12.0. The van der Waals surface area contributed by atoms with Crippen molar-refractivity contribution in [1.29, 1.82) is 0 Å². The van der Waals surface area contributed by atoms with E-state index >= 15 is 0 Å². The van der Waals surface area contributed by atoms with Crippen LogP contribution < -0.4 is 15.4 Å². The van der Waals surface area contributed by atoms with E-state index in [0.29, 0.717) is 11.1 Å². The lowest BCUT2D eigenvalue weighted by Crippen LogP contribution is -2.34. The maximum atomic E-state index is 14.4. The van der Waals surface area contributed by atoms with E-state index in [4.69, 9.17) is 4.74 Å². The van der Waals surface area contributed by atoms with Gasteiger partial charge in [-0.25, -0.2) is 0 Å². The summed E-state index contributed by atoms with van der Waals surface area (Å²) in [5.74, 6) is -1.34. The lowest BCUT2D eigenvalue weighted by atomic mass is 9.74. The van der Waals surface area contributed by atoms with Gasteiger partial charge >= 0.3 is 0 Å². The summed E-state index contributed by atoms with van der Waals surface area (Å²) in [7, 11) is -9.29. The van der Waals surface area contributed by atoms with Gasteiger partial charge in [0.05, 0.1) is 27.4 Å². The first-order valence-corrected chi connectivity index (χ1v) is 17.8. The summed E-state index contributed by atoms with van der Waals surface area (Å²) in [5.41, 5.74) is 2.26. The molecule has 14 heteroatoms. The quantitative estimate of drug-likeness (QED) is 0.0915. The monoisotopic (exact) mass is 710 g/mol. The molecule has 5 aromatic carbocycles. The summed E-state index contributed by atoms with van der Waals surface area (Å²) in [6, 6.07) is 25.4. The zero-order chi connectivity index (χ0) is 35.5. The van der Waals surface area contributed by atoms with Crippen LogP contribution >= 0.6 is 0 Å². The molecule has 1 unspecified atom stereocenters. The minimum atomic E-state index is -4.78. The van der Waals surface area contributed by atoms with Crippen molar-refractivity contribution in [2.24, 2.45) is 0 Å². The van der Waals surface area contributed by atoms with Crippen LogP contribution in [0.2, 0.25) is 0 Å². The molecular weight excluding hydrogens is 685 g/mol. The van der Waals surface area contributed by atoms with Gasteiger partial charge in [0.15, 0.2) is 23.5 Å². The number of aliphatic hydroxyl groups is 1. The van der Waals surface area contributed by atoms with Crippen LogP contribution in [-0.4, -0.2) is 48.8 Å². The third-order valence-electron chi connectivity index (χ3n) is 8.34. The fourth-order valence-corrected chi connectivity index (χ4v) is 7.31. The molecule has 0 aromatic heterocycles. The topological polar surface area (TPSA) is 196 Å². The summed E-state index contributed by atoms with van der Waals surface area (Å²) in [5, 5.41) is 17.6. The van der Waals surface area contributed by atoms with Gasteiger partial charge in [0.2, 0.25) is 0 Å². The number of hydrogen-bond donors (Lipinski definition) is 5. The predicted molar refractivity (Wildman–Crippen MR) is 183 cm³/mol. The average molecular weight is 711 g/mol. The Bertz CT molecular complexity index is 2510. The number of rotatable bonds is 8. The lowest BCUT2D eigenvalue weighted by Gasteiger charge is -2.35. The van der Waals surface area contributed by atoms with E-state index < -0.39 is 42.9 Å². The number of hydrogen-bond acceptors (Lipinski definition) is 10. The molecule has 0 bridgehead atoms. The smallest absolute Gasteiger partial charge is 0.298 e. The van der Waals surface area contributed by atoms with Crippen LogP contribution in [0.4, 0.5) is 17.1 Å². The molecule has 12 nitrogen and oxygen atoms in total. The van der Waals surface area contributed by atoms with Gasteiger partial charge in [0.25, 0.3) is 20.2 Å². The van der Waals surface area contributed by atoms with Crippen molar-refractivity contribution in [1.82, 2.24) is 0 Å². The Morgan fingerprint density at radius 3 is 2.10 bits per heavy atom. The van der Waals surface area contributed by atoms with E-state index in [1.54, 1.807) is 67.6 Å². The van der Waals surface area contributed by atoms with Crippen LogP contribution in [-0.2, 0) is 20.2 Å². The zero-order valence-corrected chi connectivity index (χ0v) is 27.5. The first kappa shape index (κ1) is 32.9. The van der Waals surface area contributed by atoms with Crippen LogP contribution in [0, 0.1) is 6.92 Å². The van der Waals surface area contributed by atoms with Crippen LogP contribution in [0.25, 0.3) is 5.57 Å². The van der Waals surface area contributed by atoms with Gasteiger partial charge in [-0.2, -0.15) is 16.8 Å². The number of benzene rings is 5. The number of ether oxygens (including phenoxy) is 1. The minimum Gasteiger partial charge on any atom is -0.454 e. The predicted octanol–water partition coefficient (Wildman–Crippen LogP) is 6.00. The second-order valence-electron chi connectivity index (χ2n) is 11.6. The highest BCUT2D eigenvalue weighted by atomic mass is 32.2. The minimum absolute atomic E-state index is 0.0560. The van der Waals surface area contributed by atoms with E-state index in [-0.39, 0.29) is 66.9 Å². The van der Waals surface area contributed by atoms with Gasteiger partial charge in [-0.15, -0.1) is 0 Å². The molecule has 0 spiro atoms. The highest BCUT2D eigenvalue weighted by Crippen LogP contribution is 2.53. The fourth-order valence-electron chi connectivity index (χ4n) is 6.13. The molecular formula is C36H26N2O10S2. The fraction of sp³-hybridized carbons (Fsp3) is 0.0556. The van der Waals surface area contributed by atoms with Gasteiger partial charge in [-0.05, 0) is 54.4 Å². The number of fused-ring (bicyclic) bond motifs is 2. The number of carbonyl (C=O) groups excluding carboxylic acids is 2. The maximum Gasteiger partial charge on any atom is 0.298 e. The molecule has 0 saturated heterocycles. The number of aliphatic hydroxyl groups excluding tert-OH is 1. The molecule has 5 N–H and O–H groups in total. The largest absolute Gasteiger partial charge is 0.454 e. The molecule has 2 aliphatic rings. The summed E-state index contributed by atoms with van der Waals surface area (Å²) in [6.07, 6.45) is -1.62. The molecule has 0 radical (unpaired) electrons. The van der Waals surface area contributed by atoms with Crippen LogP contribution in [0.15, 0.2) is 118 Å². The molecule has 7 rings (SSSR count). The Kier molecular flexibility index (Phi) is 7.92. The van der Waals surface area contributed by atoms with Gasteiger partial charge in [-0.3, -0.25) is 18.7 Å². The van der Waals surface area contributed by atoms with E-state index in [0.717, 1.165) is 12.1 Å². The molecule has 252 valence electrons. The van der Waals surface area contributed by atoms with Crippen LogP contribution in [0.1, 0.15) is 43.0 Å². The highest BCUT2D eigenvalue weighted by molar-refractivity contribution is 7.86. The van der Waals surface area contributed by atoms with Crippen molar-refractivity contribution in [3.8, 4) is 11.5 Å². The molecule has 5 aromatic rings. The average Bonchev–Trinajstić information content (AvgIpc) is 3.08. The van der Waals surface area contributed by atoms with E-state index in [1.165, 1.54) is 30.3 Å². The van der Waals surface area contributed by atoms with Crippen LogP contribution in [0.5, 0.6) is 11.5 Å². The molecule has 0 saturated carbocycles. The third-order valence-corrected chi connectivity index (χ3v) is 10.1. The zero-order valence-electron chi connectivity index (χ0n) is 25.9. The maximum absolute atomic E-state index is 14.4.